The molecule has 1 aromatic rings. The first-order chi connectivity index (χ1) is 10.0. The van der Waals surface area contributed by atoms with Crippen molar-refractivity contribution in [2.45, 2.75) is 43.5 Å². The van der Waals surface area contributed by atoms with Gasteiger partial charge in [-0.15, -0.1) is 0 Å². The van der Waals surface area contributed by atoms with Crippen molar-refractivity contribution in [1.82, 2.24) is 9.97 Å². The van der Waals surface area contributed by atoms with E-state index < -0.39 is 37.3 Å². The van der Waals surface area contributed by atoms with Crippen LogP contribution in [0.2, 0.25) is 0 Å². The van der Waals surface area contributed by atoms with Gasteiger partial charge in [0.25, 0.3) is 0 Å². The number of rotatable bonds is 5. The molecule has 1 aromatic heterocycles. The van der Waals surface area contributed by atoms with E-state index in [2.05, 4.69) is 9.97 Å². The molecule has 1 fully saturated rings. The van der Waals surface area contributed by atoms with Gasteiger partial charge in [0.2, 0.25) is 6.29 Å². The lowest BCUT2D eigenvalue weighted by atomic mass is 9.99. The second kappa shape index (κ2) is 6.96. The van der Waals surface area contributed by atoms with Gasteiger partial charge in [0.15, 0.2) is 5.90 Å². The Hall–Kier alpha value is -1.52. The van der Waals surface area contributed by atoms with Gasteiger partial charge in [0, 0.05) is 18.3 Å². The highest BCUT2D eigenvalue weighted by molar-refractivity contribution is 5.72. The van der Waals surface area contributed by atoms with Gasteiger partial charge < -0.3 is 34.9 Å². The number of aromatic nitrogens is 2. The Balaban J connectivity index is 1.87. The normalized spacial score (nSPS) is 32.9. The Kier molecular flexibility index (Phi) is 5.26. The van der Waals surface area contributed by atoms with Gasteiger partial charge in [-0.25, -0.2) is 4.98 Å². The minimum atomic E-state index is -1.51. The fourth-order valence-corrected chi connectivity index (χ4v) is 2.03. The number of aliphatic hydroxyl groups is 4. The summed E-state index contributed by atoms with van der Waals surface area (Å²) in [5, 5.41) is 45.7. The van der Waals surface area contributed by atoms with Crippen LogP contribution < -0.4 is 0 Å². The maximum Gasteiger partial charge on any atom is 0.230 e. The maximum atomic E-state index is 9.77. The maximum absolute atomic E-state index is 9.77. The van der Waals surface area contributed by atoms with Crippen molar-refractivity contribution in [3.63, 3.8) is 0 Å². The first-order valence-corrected chi connectivity index (χ1v) is 6.54. The molecule has 1 aliphatic rings. The lowest BCUT2D eigenvalue weighted by Crippen LogP contribution is -2.59. The fraction of sp³-hybridized carbons (Fsp3) is 0.667. The van der Waals surface area contributed by atoms with E-state index in [9.17, 15) is 15.3 Å². The first-order valence-electron chi connectivity index (χ1n) is 6.54. The molecule has 0 saturated carbocycles. The van der Waals surface area contributed by atoms with Crippen molar-refractivity contribution in [1.29, 1.82) is 5.41 Å². The molecule has 0 aliphatic carbocycles. The molecule has 6 N–H and O–H groups in total. The van der Waals surface area contributed by atoms with Crippen LogP contribution in [0.25, 0.3) is 0 Å². The monoisotopic (exact) mass is 301 g/mol. The summed E-state index contributed by atoms with van der Waals surface area (Å²) in [6, 6.07) is 0. The summed E-state index contributed by atoms with van der Waals surface area (Å²) in [6.07, 6.45) is -2.92. The molecule has 9 heteroatoms. The second-order valence-corrected chi connectivity index (χ2v) is 4.82. The van der Waals surface area contributed by atoms with E-state index >= 15 is 0 Å². The average molecular weight is 301 g/mol. The number of hydrogen-bond donors (Lipinski definition) is 6. The predicted molar refractivity (Wildman–Crippen MR) is 69.5 cm³/mol. The summed E-state index contributed by atoms with van der Waals surface area (Å²) in [5.41, 5.74) is 0.831. The quantitative estimate of drug-likeness (QED) is 0.275. The molecule has 5 atom stereocenters. The van der Waals surface area contributed by atoms with Crippen LogP contribution in [0.3, 0.4) is 0 Å². The highest BCUT2D eigenvalue weighted by atomic mass is 16.7. The van der Waals surface area contributed by atoms with Gasteiger partial charge >= 0.3 is 0 Å². The lowest BCUT2D eigenvalue weighted by molar-refractivity contribution is -0.281. The van der Waals surface area contributed by atoms with Crippen molar-refractivity contribution in [3.8, 4) is 0 Å². The van der Waals surface area contributed by atoms with Crippen LogP contribution in [-0.2, 0) is 15.9 Å². The van der Waals surface area contributed by atoms with Crippen LogP contribution in [0.1, 0.15) is 12.1 Å². The number of nitrogens with zero attached hydrogens (tertiary/aromatic N) is 1. The SMILES string of the molecule is N=C(CCc1cnc[nH]1)OC1O[C@H](CO)[C@@H](O)[C@H](O)[C@H]1O. The summed E-state index contributed by atoms with van der Waals surface area (Å²) in [6.45, 7) is -0.535. The standard InChI is InChI=1S/C12H19N3O6/c13-8(2-1-6-3-14-5-15-6)21-12-11(19)10(18)9(17)7(4-16)20-12/h3,5,7,9-13,16-19H,1-2,4H2,(H,14,15)/t7-,9-,10+,11-,12?/m1/s1. The third-order valence-corrected chi connectivity index (χ3v) is 3.28. The number of H-pyrrole nitrogens is 1. The fourth-order valence-electron chi connectivity index (χ4n) is 2.03. The molecule has 1 unspecified atom stereocenters. The second-order valence-electron chi connectivity index (χ2n) is 4.82. The van der Waals surface area contributed by atoms with Gasteiger partial charge in [0.1, 0.15) is 24.4 Å². The van der Waals surface area contributed by atoms with Crippen molar-refractivity contribution < 1.29 is 29.9 Å². The van der Waals surface area contributed by atoms with E-state index in [4.69, 9.17) is 20.0 Å². The zero-order chi connectivity index (χ0) is 15.4. The number of hydrogen-bond acceptors (Lipinski definition) is 8. The summed E-state index contributed by atoms with van der Waals surface area (Å²) in [4.78, 5) is 6.73. The Labute approximate surface area is 120 Å². The molecular weight excluding hydrogens is 282 g/mol. The minimum Gasteiger partial charge on any atom is -0.449 e. The summed E-state index contributed by atoms with van der Waals surface area (Å²) in [5.74, 6) is -0.145. The van der Waals surface area contributed by atoms with Gasteiger partial charge in [0.05, 0.1) is 12.9 Å². The van der Waals surface area contributed by atoms with E-state index in [-0.39, 0.29) is 12.3 Å². The van der Waals surface area contributed by atoms with Crippen molar-refractivity contribution in [3.05, 3.63) is 18.2 Å². The lowest BCUT2D eigenvalue weighted by Gasteiger charge is -2.39. The van der Waals surface area contributed by atoms with Crippen molar-refractivity contribution in [2.75, 3.05) is 6.61 Å². The predicted octanol–water partition coefficient (Wildman–Crippen LogP) is -1.86. The third kappa shape index (κ3) is 3.77. The Morgan fingerprint density at radius 2 is 2.10 bits per heavy atom. The van der Waals surface area contributed by atoms with Gasteiger partial charge in [-0.05, 0) is 6.42 Å². The molecule has 2 heterocycles. The molecule has 0 aromatic carbocycles. The summed E-state index contributed by atoms with van der Waals surface area (Å²) >= 11 is 0. The van der Waals surface area contributed by atoms with E-state index in [0.717, 1.165) is 5.69 Å². The van der Waals surface area contributed by atoms with E-state index in [1.165, 1.54) is 6.33 Å². The van der Waals surface area contributed by atoms with Gasteiger partial charge in [-0.1, -0.05) is 0 Å². The number of nitrogens with one attached hydrogen (secondary N) is 2. The van der Waals surface area contributed by atoms with Gasteiger partial charge in [-0.2, -0.15) is 0 Å². The topological polar surface area (TPSA) is 152 Å². The zero-order valence-corrected chi connectivity index (χ0v) is 11.2. The molecule has 0 radical (unpaired) electrons. The molecular formula is C12H19N3O6. The smallest absolute Gasteiger partial charge is 0.230 e. The molecule has 2 rings (SSSR count). The van der Waals surface area contributed by atoms with Crippen molar-refractivity contribution in [2.24, 2.45) is 0 Å². The number of aromatic amines is 1. The number of imidazole rings is 1. The molecule has 0 spiro atoms. The summed E-state index contributed by atoms with van der Waals surface area (Å²) in [7, 11) is 0. The van der Waals surface area contributed by atoms with Crippen LogP contribution >= 0.6 is 0 Å². The molecule has 1 saturated heterocycles. The molecule has 1 aliphatic heterocycles. The number of aliphatic hydroxyl groups excluding tert-OH is 4. The average Bonchev–Trinajstić information content (AvgIpc) is 2.99. The van der Waals surface area contributed by atoms with Crippen LogP contribution in [0, 0.1) is 5.41 Å². The van der Waals surface area contributed by atoms with E-state index in [1.54, 1.807) is 6.20 Å². The highest BCUT2D eigenvalue weighted by Gasteiger charge is 2.44. The molecule has 0 amide bonds. The zero-order valence-electron chi connectivity index (χ0n) is 11.2. The van der Waals surface area contributed by atoms with Crippen LogP contribution in [0.15, 0.2) is 12.5 Å². The first kappa shape index (κ1) is 15.9. The number of aryl methyl sites for hydroxylation is 1. The van der Waals surface area contributed by atoms with Gasteiger partial charge in [-0.3, -0.25) is 5.41 Å². The molecule has 21 heavy (non-hydrogen) atoms. The summed E-state index contributed by atoms with van der Waals surface area (Å²) < 4.78 is 10.3. The third-order valence-electron chi connectivity index (χ3n) is 3.28. The van der Waals surface area contributed by atoms with Crippen molar-refractivity contribution >= 4 is 5.90 Å². The molecule has 0 bridgehead atoms. The van der Waals surface area contributed by atoms with Crippen LogP contribution in [-0.4, -0.2) is 73.6 Å². The Morgan fingerprint density at radius 1 is 1.33 bits per heavy atom. The van der Waals surface area contributed by atoms with E-state index in [0.29, 0.717) is 6.42 Å². The van der Waals surface area contributed by atoms with Crippen LogP contribution in [0.5, 0.6) is 0 Å². The molecule has 118 valence electrons. The largest absolute Gasteiger partial charge is 0.449 e. The highest BCUT2D eigenvalue weighted by Crippen LogP contribution is 2.22. The Morgan fingerprint density at radius 3 is 2.71 bits per heavy atom. The number of ether oxygens (including phenoxy) is 2. The van der Waals surface area contributed by atoms with Crippen LogP contribution in [0.4, 0.5) is 0 Å². The minimum absolute atomic E-state index is 0.145. The Bertz CT molecular complexity index is 452. The van der Waals surface area contributed by atoms with E-state index in [1.807, 2.05) is 0 Å². The molecule has 9 nitrogen and oxygen atoms in total.